The standard InChI is InChI=1S/C18H26N2O3/c1-12(2)15(11-16(21)19-23)20-10-9-18(4,17(20)22)14-7-5-13(3)6-8-14/h5-8,12,15,23H,9-11H2,1-4H3,(H,19,21)/t15-,18?/m0/s1. The molecule has 1 heterocycles. The average Bonchev–Trinajstić information content (AvgIpc) is 2.82. The quantitative estimate of drug-likeness (QED) is 0.647. The first kappa shape index (κ1) is 17.5. The molecule has 1 aliphatic rings. The van der Waals surface area contributed by atoms with Crippen molar-refractivity contribution in [3.63, 3.8) is 0 Å². The molecule has 0 aromatic heterocycles. The Kier molecular flexibility index (Phi) is 5.09. The second-order valence-electron chi connectivity index (χ2n) is 7.00. The summed E-state index contributed by atoms with van der Waals surface area (Å²) in [4.78, 5) is 26.4. The molecule has 2 atom stereocenters. The summed E-state index contributed by atoms with van der Waals surface area (Å²) in [7, 11) is 0. The molecule has 0 radical (unpaired) electrons. The minimum atomic E-state index is -0.545. The van der Waals surface area contributed by atoms with Crippen molar-refractivity contribution in [2.75, 3.05) is 6.54 Å². The lowest BCUT2D eigenvalue weighted by Gasteiger charge is -2.32. The van der Waals surface area contributed by atoms with Crippen molar-refractivity contribution in [1.29, 1.82) is 0 Å². The maximum absolute atomic E-state index is 13.1. The summed E-state index contributed by atoms with van der Waals surface area (Å²) in [5.74, 6) is -0.261. The van der Waals surface area contributed by atoms with Gasteiger partial charge >= 0.3 is 0 Å². The molecule has 0 saturated carbocycles. The molecule has 2 N–H and O–H groups in total. The lowest BCUT2D eigenvalue weighted by Crippen LogP contribution is -2.46. The zero-order valence-corrected chi connectivity index (χ0v) is 14.3. The molecule has 1 aliphatic heterocycles. The van der Waals surface area contributed by atoms with Crippen LogP contribution in [0.2, 0.25) is 0 Å². The van der Waals surface area contributed by atoms with Gasteiger partial charge in [0.05, 0.1) is 5.41 Å². The molecule has 0 aliphatic carbocycles. The van der Waals surface area contributed by atoms with Crippen molar-refractivity contribution < 1.29 is 14.8 Å². The molecule has 1 unspecified atom stereocenters. The van der Waals surface area contributed by atoms with E-state index in [4.69, 9.17) is 5.21 Å². The summed E-state index contributed by atoms with van der Waals surface area (Å²) in [5.41, 5.74) is 3.31. The maximum Gasteiger partial charge on any atom is 0.245 e. The summed E-state index contributed by atoms with van der Waals surface area (Å²) in [6, 6.07) is 7.87. The number of hydrogen-bond donors (Lipinski definition) is 2. The largest absolute Gasteiger partial charge is 0.338 e. The lowest BCUT2D eigenvalue weighted by molar-refractivity contribution is -0.137. The van der Waals surface area contributed by atoms with Crippen LogP contribution in [0.25, 0.3) is 0 Å². The second-order valence-corrected chi connectivity index (χ2v) is 7.00. The highest BCUT2D eigenvalue weighted by Gasteiger charge is 2.46. The predicted octanol–water partition coefficient (Wildman–Crippen LogP) is 2.41. The number of aryl methyl sites for hydroxylation is 1. The molecule has 5 nitrogen and oxygen atoms in total. The van der Waals surface area contributed by atoms with E-state index in [-0.39, 0.29) is 24.3 Å². The van der Waals surface area contributed by atoms with Crippen molar-refractivity contribution in [3.8, 4) is 0 Å². The highest BCUT2D eigenvalue weighted by atomic mass is 16.5. The molecule has 126 valence electrons. The Morgan fingerprint density at radius 1 is 1.35 bits per heavy atom. The van der Waals surface area contributed by atoms with Crippen LogP contribution in [0.15, 0.2) is 24.3 Å². The van der Waals surface area contributed by atoms with E-state index in [0.717, 1.165) is 12.0 Å². The van der Waals surface area contributed by atoms with Gasteiger partial charge in [-0.3, -0.25) is 14.8 Å². The van der Waals surface area contributed by atoms with Gasteiger partial charge in [-0.15, -0.1) is 0 Å². The van der Waals surface area contributed by atoms with E-state index in [0.29, 0.717) is 6.54 Å². The fourth-order valence-corrected chi connectivity index (χ4v) is 3.32. The molecular formula is C18H26N2O3. The zero-order chi connectivity index (χ0) is 17.2. The van der Waals surface area contributed by atoms with Crippen LogP contribution in [0.4, 0.5) is 0 Å². The first-order valence-electron chi connectivity index (χ1n) is 8.10. The smallest absolute Gasteiger partial charge is 0.245 e. The molecule has 0 bridgehead atoms. The number of likely N-dealkylation sites (tertiary alicyclic amines) is 1. The third-order valence-corrected chi connectivity index (χ3v) is 4.96. The minimum absolute atomic E-state index is 0.0609. The van der Waals surface area contributed by atoms with Crippen molar-refractivity contribution in [1.82, 2.24) is 10.4 Å². The lowest BCUT2D eigenvalue weighted by atomic mass is 9.80. The van der Waals surface area contributed by atoms with E-state index < -0.39 is 11.3 Å². The van der Waals surface area contributed by atoms with Crippen LogP contribution in [0.5, 0.6) is 0 Å². The van der Waals surface area contributed by atoms with Gasteiger partial charge in [-0.1, -0.05) is 43.7 Å². The van der Waals surface area contributed by atoms with Gasteiger partial charge in [-0.2, -0.15) is 0 Å². The Morgan fingerprint density at radius 2 is 1.96 bits per heavy atom. The summed E-state index contributed by atoms with van der Waals surface area (Å²) in [6.45, 7) is 8.61. The van der Waals surface area contributed by atoms with Crippen LogP contribution in [-0.4, -0.2) is 34.5 Å². The minimum Gasteiger partial charge on any atom is -0.338 e. The molecule has 1 saturated heterocycles. The fourth-order valence-electron chi connectivity index (χ4n) is 3.32. The highest BCUT2D eigenvalue weighted by Crippen LogP contribution is 2.38. The number of hydrogen-bond acceptors (Lipinski definition) is 3. The van der Waals surface area contributed by atoms with Crippen molar-refractivity contribution in [3.05, 3.63) is 35.4 Å². The van der Waals surface area contributed by atoms with Crippen LogP contribution < -0.4 is 5.48 Å². The Hall–Kier alpha value is -1.88. The molecular weight excluding hydrogens is 292 g/mol. The fraction of sp³-hybridized carbons (Fsp3) is 0.556. The van der Waals surface area contributed by atoms with Crippen LogP contribution in [0.1, 0.15) is 44.7 Å². The third kappa shape index (κ3) is 3.39. The monoisotopic (exact) mass is 318 g/mol. The van der Waals surface area contributed by atoms with Gasteiger partial charge in [-0.05, 0) is 31.7 Å². The number of amides is 2. The topological polar surface area (TPSA) is 69.6 Å². The molecule has 23 heavy (non-hydrogen) atoms. The van der Waals surface area contributed by atoms with Crippen molar-refractivity contribution in [2.45, 2.75) is 52.0 Å². The normalized spacial score (nSPS) is 22.5. The highest BCUT2D eigenvalue weighted by molar-refractivity contribution is 5.90. The Balaban J connectivity index is 2.25. The van der Waals surface area contributed by atoms with Crippen LogP contribution in [0, 0.1) is 12.8 Å². The molecule has 1 aromatic rings. The number of hydroxylamine groups is 1. The Bertz CT molecular complexity index is 582. The van der Waals surface area contributed by atoms with Gasteiger partial charge < -0.3 is 4.90 Å². The van der Waals surface area contributed by atoms with E-state index in [1.165, 1.54) is 5.56 Å². The molecule has 2 amide bonds. The predicted molar refractivity (Wildman–Crippen MR) is 88.0 cm³/mol. The first-order valence-corrected chi connectivity index (χ1v) is 8.10. The molecule has 0 spiro atoms. The number of benzene rings is 1. The number of nitrogens with one attached hydrogen (secondary N) is 1. The number of nitrogens with zero attached hydrogens (tertiary/aromatic N) is 1. The number of carbonyl (C=O) groups is 2. The molecule has 5 heteroatoms. The van der Waals surface area contributed by atoms with Gasteiger partial charge in [-0.25, -0.2) is 5.48 Å². The Morgan fingerprint density at radius 3 is 2.48 bits per heavy atom. The summed E-state index contributed by atoms with van der Waals surface area (Å²) >= 11 is 0. The van der Waals surface area contributed by atoms with Gasteiger partial charge in [0.1, 0.15) is 0 Å². The summed E-state index contributed by atoms with van der Waals surface area (Å²) in [5, 5.41) is 8.78. The average molecular weight is 318 g/mol. The van der Waals surface area contributed by atoms with Gasteiger partial charge in [0.15, 0.2) is 0 Å². The van der Waals surface area contributed by atoms with E-state index >= 15 is 0 Å². The van der Waals surface area contributed by atoms with E-state index in [9.17, 15) is 9.59 Å². The molecule has 2 rings (SSSR count). The van der Waals surface area contributed by atoms with Gasteiger partial charge in [0.25, 0.3) is 0 Å². The zero-order valence-electron chi connectivity index (χ0n) is 14.3. The van der Waals surface area contributed by atoms with Crippen LogP contribution >= 0.6 is 0 Å². The second kappa shape index (κ2) is 6.71. The van der Waals surface area contributed by atoms with E-state index in [2.05, 4.69) is 0 Å². The van der Waals surface area contributed by atoms with E-state index in [1.807, 2.05) is 52.0 Å². The summed E-state index contributed by atoms with van der Waals surface area (Å²) < 4.78 is 0. The first-order chi connectivity index (χ1) is 10.8. The molecule has 1 fully saturated rings. The van der Waals surface area contributed by atoms with Crippen LogP contribution in [-0.2, 0) is 15.0 Å². The van der Waals surface area contributed by atoms with Crippen molar-refractivity contribution >= 4 is 11.8 Å². The number of carbonyl (C=O) groups excluding carboxylic acids is 2. The maximum atomic E-state index is 13.1. The van der Waals surface area contributed by atoms with Gasteiger partial charge in [0.2, 0.25) is 11.8 Å². The molecule has 1 aromatic carbocycles. The van der Waals surface area contributed by atoms with Crippen LogP contribution in [0.3, 0.4) is 0 Å². The van der Waals surface area contributed by atoms with Gasteiger partial charge in [0, 0.05) is 19.0 Å². The van der Waals surface area contributed by atoms with Crippen molar-refractivity contribution in [2.24, 2.45) is 5.92 Å². The Labute approximate surface area is 137 Å². The number of rotatable bonds is 5. The third-order valence-electron chi connectivity index (χ3n) is 4.96. The SMILES string of the molecule is Cc1ccc(C2(C)CCN([C@@H](CC(=O)NO)C(C)C)C2=O)cc1. The summed E-state index contributed by atoms with van der Waals surface area (Å²) in [6.07, 6.45) is 0.850. The van der Waals surface area contributed by atoms with E-state index in [1.54, 1.807) is 10.4 Å².